The highest BCUT2D eigenvalue weighted by Gasteiger charge is 2.26. The minimum Gasteiger partial charge on any atom is -0.473 e. The molecule has 2 atom stereocenters. The van der Waals surface area contributed by atoms with Crippen LogP contribution >= 0.6 is 11.3 Å². The number of benzene rings is 1. The smallest absolute Gasteiger partial charge is 0.414 e. The van der Waals surface area contributed by atoms with Gasteiger partial charge < -0.3 is 15.1 Å². The molecule has 2 heterocycles. The van der Waals surface area contributed by atoms with E-state index in [1.165, 1.54) is 29.0 Å². The molecule has 0 saturated carbocycles. The normalized spacial score (nSPS) is 20.0. The Morgan fingerprint density at radius 1 is 1.35 bits per heavy atom. The molecule has 7 heteroatoms. The molecule has 6 nitrogen and oxygen atoms in total. The average molecular weight is 374 g/mol. The number of hydrogen-bond donors (Lipinski definition) is 2. The van der Waals surface area contributed by atoms with E-state index in [4.69, 9.17) is 19.8 Å². The molecule has 1 aromatic carbocycles. The van der Waals surface area contributed by atoms with Gasteiger partial charge in [0.05, 0.1) is 11.6 Å². The van der Waals surface area contributed by atoms with Gasteiger partial charge in [0.1, 0.15) is 0 Å². The molecule has 0 spiro atoms. The standard InChI is InChI=1S/C17H20N2S.C2H2O4/c1-3-19-8-7-13(9-12(19)2)17-10-15-14(11-18)5-4-6-16(15)20-17;3-1(4)2(5)6/h4-6,10,12-13H,3,7-9H2,1-2H3;(H,3,4)(H,5,6). The van der Waals surface area contributed by atoms with Gasteiger partial charge in [0.15, 0.2) is 0 Å². The molecule has 1 saturated heterocycles. The van der Waals surface area contributed by atoms with E-state index in [1.807, 2.05) is 23.5 Å². The Balaban J connectivity index is 0.000000352. The van der Waals surface area contributed by atoms with Gasteiger partial charge in [-0.25, -0.2) is 9.59 Å². The van der Waals surface area contributed by atoms with E-state index >= 15 is 0 Å². The number of fused-ring (bicyclic) bond motifs is 1. The number of nitriles is 1. The number of carboxylic acid groups (broad SMARTS) is 2. The van der Waals surface area contributed by atoms with E-state index in [2.05, 4.69) is 36.9 Å². The van der Waals surface area contributed by atoms with E-state index in [9.17, 15) is 5.26 Å². The lowest BCUT2D eigenvalue weighted by Gasteiger charge is -2.36. The SMILES string of the molecule is CCN1CCC(c2cc3c(C#N)cccc3s2)CC1C.O=C(O)C(=O)O. The summed E-state index contributed by atoms with van der Waals surface area (Å²) in [6.45, 7) is 6.93. The third-order valence-corrected chi connectivity index (χ3v) is 5.97. The Bertz CT molecular complexity index is 828. The summed E-state index contributed by atoms with van der Waals surface area (Å²) in [7, 11) is 0. The van der Waals surface area contributed by atoms with E-state index in [0.29, 0.717) is 12.0 Å². The summed E-state index contributed by atoms with van der Waals surface area (Å²) in [5.74, 6) is -2.98. The molecule has 0 radical (unpaired) electrons. The van der Waals surface area contributed by atoms with Gasteiger partial charge in [-0.3, -0.25) is 0 Å². The quantitative estimate of drug-likeness (QED) is 0.780. The van der Waals surface area contributed by atoms with Gasteiger partial charge in [-0.1, -0.05) is 13.0 Å². The fourth-order valence-corrected chi connectivity index (χ4v) is 4.57. The van der Waals surface area contributed by atoms with Gasteiger partial charge in [-0.15, -0.1) is 11.3 Å². The fourth-order valence-electron chi connectivity index (χ4n) is 3.33. The summed E-state index contributed by atoms with van der Waals surface area (Å²) < 4.78 is 1.25. The highest BCUT2D eigenvalue weighted by Crippen LogP contribution is 2.38. The monoisotopic (exact) mass is 374 g/mol. The second-order valence-electron chi connectivity index (χ2n) is 6.29. The lowest BCUT2D eigenvalue weighted by Crippen LogP contribution is -2.39. The average Bonchev–Trinajstić information content (AvgIpc) is 3.06. The van der Waals surface area contributed by atoms with Crippen molar-refractivity contribution >= 4 is 33.4 Å². The van der Waals surface area contributed by atoms with Crippen molar-refractivity contribution in [2.24, 2.45) is 0 Å². The van der Waals surface area contributed by atoms with Crippen molar-refractivity contribution in [3.63, 3.8) is 0 Å². The topological polar surface area (TPSA) is 102 Å². The van der Waals surface area contributed by atoms with E-state index in [1.54, 1.807) is 0 Å². The zero-order valence-electron chi connectivity index (χ0n) is 14.8. The summed E-state index contributed by atoms with van der Waals surface area (Å²) >= 11 is 1.87. The van der Waals surface area contributed by atoms with Crippen LogP contribution in [0.5, 0.6) is 0 Å². The van der Waals surface area contributed by atoms with Crippen LogP contribution in [0.4, 0.5) is 0 Å². The Labute approximate surface area is 156 Å². The van der Waals surface area contributed by atoms with Crippen molar-refractivity contribution in [3.8, 4) is 6.07 Å². The maximum Gasteiger partial charge on any atom is 0.414 e. The van der Waals surface area contributed by atoms with Crippen LogP contribution in [-0.2, 0) is 9.59 Å². The molecule has 1 fully saturated rings. The minimum absolute atomic E-state index is 0.664. The van der Waals surface area contributed by atoms with E-state index in [-0.39, 0.29) is 0 Å². The lowest BCUT2D eigenvalue weighted by molar-refractivity contribution is -0.159. The number of nitrogens with zero attached hydrogens (tertiary/aromatic N) is 2. The number of carbonyl (C=O) groups is 2. The maximum atomic E-state index is 9.21. The first-order valence-electron chi connectivity index (χ1n) is 8.50. The zero-order chi connectivity index (χ0) is 19.3. The molecule has 1 aliphatic rings. The molecule has 1 aromatic heterocycles. The number of thiophene rings is 1. The molecule has 0 aliphatic carbocycles. The Morgan fingerprint density at radius 2 is 2.04 bits per heavy atom. The lowest BCUT2D eigenvalue weighted by atomic mass is 9.90. The molecule has 1 aliphatic heterocycles. The molecular weight excluding hydrogens is 352 g/mol. The Morgan fingerprint density at radius 3 is 2.58 bits per heavy atom. The van der Waals surface area contributed by atoms with Crippen LogP contribution in [0.15, 0.2) is 24.3 Å². The van der Waals surface area contributed by atoms with Crippen LogP contribution < -0.4 is 0 Å². The number of carboxylic acids is 2. The second kappa shape index (κ2) is 8.79. The van der Waals surface area contributed by atoms with Crippen molar-refractivity contribution in [2.45, 2.75) is 38.6 Å². The molecule has 138 valence electrons. The van der Waals surface area contributed by atoms with Crippen molar-refractivity contribution in [1.29, 1.82) is 5.26 Å². The van der Waals surface area contributed by atoms with E-state index < -0.39 is 11.9 Å². The van der Waals surface area contributed by atoms with Crippen molar-refractivity contribution in [1.82, 2.24) is 4.90 Å². The van der Waals surface area contributed by atoms with Gasteiger partial charge in [0, 0.05) is 21.0 Å². The summed E-state index contributed by atoms with van der Waals surface area (Å²) in [6.07, 6.45) is 2.48. The maximum absolute atomic E-state index is 9.21. The zero-order valence-corrected chi connectivity index (χ0v) is 15.6. The number of hydrogen-bond acceptors (Lipinski definition) is 5. The van der Waals surface area contributed by atoms with Gasteiger partial charge in [-0.05, 0) is 57.0 Å². The van der Waals surface area contributed by atoms with Crippen LogP contribution in [-0.4, -0.2) is 46.2 Å². The molecular formula is C19H22N2O4S. The van der Waals surface area contributed by atoms with Crippen LogP contribution in [0.25, 0.3) is 10.1 Å². The molecule has 0 amide bonds. The van der Waals surface area contributed by atoms with Gasteiger partial charge >= 0.3 is 11.9 Å². The third-order valence-electron chi connectivity index (χ3n) is 4.71. The molecule has 3 rings (SSSR count). The van der Waals surface area contributed by atoms with Crippen LogP contribution in [0, 0.1) is 11.3 Å². The summed E-state index contributed by atoms with van der Waals surface area (Å²) in [4.78, 5) is 22.2. The molecule has 26 heavy (non-hydrogen) atoms. The molecule has 2 aromatic rings. The van der Waals surface area contributed by atoms with Gasteiger partial charge in [-0.2, -0.15) is 5.26 Å². The van der Waals surface area contributed by atoms with E-state index in [0.717, 1.165) is 17.5 Å². The van der Waals surface area contributed by atoms with Crippen LogP contribution in [0.1, 0.15) is 43.0 Å². The molecule has 2 N–H and O–H groups in total. The predicted molar refractivity (Wildman–Crippen MR) is 100 cm³/mol. The third kappa shape index (κ3) is 4.59. The Hall–Kier alpha value is -2.43. The first-order chi connectivity index (χ1) is 12.4. The molecule has 0 bridgehead atoms. The first kappa shape index (κ1) is 19.9. The largest absolute Gasteiger partial charge is 0.473 e. The fraction of sp³-hybridized carbons (Fsp3) is 0.421. The van der Waals surface area contributed by atoms with Crippen molar-refractivity contribution in [2.75, 3.05) is 13.1 Å². The summed E-state index contributed by atoms with van der Waals surface area (Å²) in [5, 5.41) is 25.1. The number of piperidine rings is 1. The minimum atomic E-state index is -1.82. The highest BCUT2D eigenvalue weighted by molar-refractivity contribution is 7.19. The summed E-state index contributed by atoms with van der Waals surface area (Å²) in [5.41, 5.74) is 0.809. The van der Waals surface area contributed by atoms with Crippen molar-refractivity contribution < 1.29 is 19.8 Å². The predicted octanol–water partition coefficient (Wildman–Crippen LogP) is 3.52. The number of aliphatic carboxylic acids is 2. The number of rotatable bonds is 2. The van der Waals surface area contributed by atoms with Gasteiger partial charge in [0.25, 0.3) is 0 Å². The second-order valence-corrected chi connectivity index (χ2v) is 7.40. The van der Waals surface area contributed by atoms with Crippen LogP contribution in [0.2, 0.25) is 0 Å². The molecule has 2 unspecified atom stereocenters. The van der Waals surface area contributed by atoms with Crippen molar-refractivity contribution in [3.05, 3.63) is 34.7 Å². The van der Waals surface area contributed by atoms with Crippen LogP contribution in [0.3, 0.4) is 0 Å². The Kier molecular flexibility index (Phi) is 6.72. The highest BCUT2D eigenvalue weighted by atomic mass is 32.1. The number of likely N-dealkylation sites (tertiary alicyclic amines) is 1. The van der Waals surface area contributed by atoms with Gasteiger partial charge in [0.2, 0.25) is 0 Å². The summed E-state index contributed by atoms with van der Waals surface area (Å²) in [6, 6.07) is 11.3. The first-order valence-corrected chi connectivity index (χ1v) is 9.31.